The standard InChI is InChI=1S/C14H16N4OS/c1-10(12-4-3-7-20-12)17(2)9-11-8-14(19)18-13(16-11)5-6-15-18/h3-8,10,15H,9H2,1-2H3. The third kappa shape index (κ3) is 2.39. The number of aromatic amines is 1. The molecule has 1 atom stereocenters. The van der Waals surface area contributed by atoms with Crippen LogP contribution in [0.25, 0.3) is 5.65 Å². The zero-order valence-electron chi connectivity index (χ0n) is 11.4. The third-order valence-corrected chi connectivity index (χ3v) is 4.50. The Morgan fingerprint density at radius 2 is 2.35 bits per heavy atom. The molecule has 6 heteroatoms. The summed E-state index contributed by atoms with van der Waals surface area (Å²) in [5.41, 5.74) is 1.37. The number of hydrogen-bond acceptors (Lipinski definition) is 4. The van der Waals surface area contributed by atoms with Gasteiger partial charge in [0.2, 0.25) is 0 Å². The quantitative estimate of drug-likeness (QED) is 0.801. The maximum atomic E-state index is 11.9. The summed E-state index contributed by atoms with van der Waals surface area (Å²) >= 11 is 1.74. The van der Waals surface area contributed by atoms with Gasteiger partial charge in [-0.3, -0.25) is 14.8 Å². The van der Waals surface area contributed by atoms with Gasteiger partial charge in [0.15, 0.2) is 5.65 Å². The second-order valence-corrected chi connectivity index (χ2v) is 5.83. The highest BCUT2D eigenvalue weighted by molar-refractivity contribution is 7.10. The van der Waals surface area contributed by atoms with Crippen molar-refractivity contribution in [3.63, 3.8) is 0 Å². The molecule has 0 aliphatic heterocycles. The van der Waals surface area contributed by atoms with E-state index in [1.807, 2.05) is 7.05 Å². The van der Waals surface area contributed by atoms with E-state index in [0.717, 1.165) is 5.69 Å². The van der Waals surface area contributed by atoms with Crippen LogP contribution < -0.4 is 5.56 Å². The summed E-state index contributed by atoms with van der Waals surface area (Å²) in [5.74, 6) is 0. The van der Waals surface area contributed by atoms with E-state index in [2.05, 4.69) is 39.4 Å². The number of nitrogens with one attached hydrogen (secondary N) is 1. The van der Waals surface area contributed by atoms with Crippen LogP contribution in [0.2, 0.25) is 0 Å². The highest BCUT2D eigenvalue weighted by Gasteiger charge is 2.14. The Labute approximate surface area is 120 Å². The van der Waals surface area contributed by atoms with E-state index in [0.29, 0.717) is 18.2 Å². The van der Waals surface area contributed by atoms with Gasteiger partial charge in [0, 0.05) is 35.8 Å². The molecule has 3 aromatic heterocycles. The molecule has 0 aromatic carbocycles. The third-order valence-electron chi connectivity index (χ3n) is 3.46. The van der Waals surface area contributed by atoms with Crippen LogP contribution in [-0.4, -0.2) is 26.5 Å². The first-order chi connectivity index (χ1) is 9.65. The maximum absolute atomic E-state index is 11.9. The number of hydrogen-bond donors (Lipinski definition) is 1. The van der Waals surface area contributed by atoms with Crippen molar-refractivity contribution >= 4 is 17.0 Å². The fourth-order valence-corrected chi connectivity index (χ4v) is 3.05. The van der Waals surface area contributed by atoms with Crippen LogP contribution in [0.15, 0.2) is 40.6 Å². The first-order valence-corrected chi connectivity index (χ1v) is 7.33. The molecular weight excluding hydrogens is 272 g/mol. The van der Waals surface area contributed by atoms with Crippen molar-refractivity contribution in [3.8, 4) is 0 Å². The summed E-state index contributed by atoms with van der Waals surface area (Å²) in [6.07, 6.45) is 1.71. The lowest BCUT2D eigenvalue weighted by molar-refractivity contribution is 0.253. The molecule has 0 amide bonds. The normalized spacial score (nSPS) is 13.2. The summed E-state index contributed by atoms with van der Waals surface area (Å²) in [5, 5.41) is 4.92. The van der Waals surface area contributed by atoms with E-state index >= 15 is 0 Å². The van der Waals surface area contributed by atoms with Gasteiger partial charge in [0.05, 0.1) is 5.69 Å². The Hall–Kier alpha value is -1.92. The van der Waals surface area contributed by atoms with E-state index in [1.165, 1.54) is 9.39 Å². The van der Waals surface area contributed by atoms with Gasteiger partial charge in [-0.25, -0.2) is 9.50 Å². The van der Waals surface area contributed by atoms with Crippen LogP contribution in [0.5, 0.6) is 0 Å². The number of rotatable bonds is 4. The van der Waals surface area contributed by atoms with Crippen molar-refractivity contribution in [2.75, 3.05) is 7.05 Å². The van der Waals surface area contributed by atoms with Gasteiger partial charge < -0.3 is 0 Å². The second-order valence-electron chi connectivity index (χ2n) is 4.85. The first kappa shape index (κ1) is 13.1. The van der Waals surface area contributed by atoms with Crippen molar-refractivity contribution in [3.05, 3.63) is 56.8 Å². The van der Waals surface area contributed by atoms with Gasteiger partial charge in [-0.2, -0.15) is 0 Å². The average Bonchev–Trinajstić information content (AvgIpc) is 3.08. The fourth-order valence-electron chi connectivity index (χ4n) is 2.20. The number of H-pyrrole nitrogens is 1. The van der Waals surface area contributed by atoms with Gasteiger partial charge in [0.25, 0.3) is 5.56 Å². The van der Waals surface area contributed by atoms with Crippen molar-refractivity contribution in [1.82, 2.24) is 19.5 Å². The van der Waals surface area contributed by atoms with Crippen molar-refractivity contribution in [2.45, 2.75) is 19.5 Å². The smallest absolute Gasteiger partial charge is 0.272 e. The second kappa shape index (κ2) is 5.22. The van der Waals surface area contributed by atoms with E-state index in [9.17, 15) is 4.79 Å². The molecule has 20 heavy (non-hydrogen) atoms. The molecule has 1 unspecified atom stereocenters. The molecule has 0 saturated heterocycles. The molecule has 3 rings (SSSR count). The Bertz CT molecular complexity index is 759. The van der Waals surface area contributed by atoms with Crippen LogP contribution in [0.1, 0.15) is 23.5 Å². The maximum Gasteiger partial charge on any atom is 0.272 e. The molecule has 0 aliphatic carbocycles. The van der Waals surface area contributed by atoms with Crippen LogP contribution in [0, 0.1) is 0 Å². The van der Waals surface area contributed by atoms with Crippen molar-refractivity contribution in [2.24, 2.45) is 0 Å². The SMILES string of the molecule is CC(c1cccs1)N(C)Cc1cc(=O)n2[nH]ccc2n1. The molecule has 0 radical (unpaired) electrons. The summed E-state index contributed by atoms with van der Waals surface area (Å²) in [4.78, 5) is 19.9. The number of aromatic nitrogens is 3. The summed E-state index contributed by atoms with van der Waals surface area (Å²) < 4.78 is 1.44. The number of fused-ring (bicyclic) bond motifs is 1. The predicted molar refractivity (Wildman–Crippen MR) is 80.0 cm³/mol. The summed E-state index contributed by atoms with van der Waals surface area (Å²) in [6.45, 7) is 2.81. The Balaban J connectivity index is 1.83. The van der Waals surface area contributed by atoms with Crippen molar-refractivity contribution < 1.29 is 0 Å². The van der Waals surface area contributed by atoms with E-state index in [4.69, 9.17) is 0 Å². The largest absolute Gasteiger partial charge is 0.297 e. The molecule has 0 bridgehead atoms. The zero-order valence-corrected chi connectivity index (χ0v) is 12.2. The molecule has 0 spiro atoms. The van der Waals surface area contributed by atoms with Gasteiger partial charge >= 0.3 is 0 Å². The minimum absolute atomic E-state index is 0.0767. The van der Waals surface area contributed by atoms with Gasteiger partial charge in [0.1, 0.15) is 0 Å². The molecule has 5 nitrogen and oxygen atoms in total. The highest BCUT2D eigenvalue weighted by atomic mass is 32.1. The zero-order chi connectivity index (χ0) is 14.1. The lowest BCUT2D eigenvalue weighted by Crippen LogP contribution is -2.24. The summed E-state index contributed by atoms with van der Waals surface area (Å²) in [7, 11) is 2.05. The molecule has 0 fully saturated rings. The van der Waals surface area contributed by atoms with Crippen molar-refractivity contribution in [1.29, 1.82) is 0 Å². The van der Waals surface area contributed by atoms with Crippen LogP contribution in [0.3, 0.4) is 0 Å². The van der Waals surface area contributed by atoms with E-state index < -0.39 is 0 Å². The Morgan fingerprint density at radius 1 is 1.50 bits per heavy atom. The van der Waals surface area contributed by atoms with Gasteiger partial charge in [-0.05, 0) is 25.4 Å². The minimum atomic E-state index is -0.0767. The molecule has 104 valence electrons. The molecule has 0 aliphatic rings. The fraction of sp³-hybridized carbons (Fsp3) is 0.286. The topological polar surface area (TPSA) is 53.4 Å². The average molecular weight is 288 g/mol. The van der Waals surface area contributed by atoms with Gasteiger partial charge in [-0.15, -0.1) is 11.3 Å². The number of nitrogens with zero attached hydrogens (tertiary/aromatic N) is 3. The highest BCUT2D eigenvalue weighted by Crippen LogP contribution is 2.24. The minimum Gasteiger partial charge on any atom is -0.297 e. The first-order valence-electron chi connectivity index (χ1n) is 6.45. The summed E-state index contributed by atoms with van der Waals surface area (Å²) in [6, 6.07) is 7.88. The van der Waals surface area contributed by atoms with Gasteiger partial charge in [-0.1, -0.05) is 6.07 Å². The predicted octanol–water partition coefficient (Wildman–Crippen LogP) is 2.28. The number of thiophene rings is 1. The van der Waals surface area contributed by atoms with E-state index in [1.54, 1.807) is 29.7 Å². The molecule has 3 aromatic rings. The van der Waals surface area contributed by atoms with Crippen LogP contribution >= 0.6 is 11.3 Å². The van der Waals surface area contributed by atoms with Crippen LogP contribution in [-0.2, 0) is 6.54 Å². The lowest BCUT2D eigenvalue weighted by Gasteiger charge is -2.23. The Morgan fingerprint density at radius 3 is 3.10 bits per heavy atom. The molecular formula is C14H16N4OS. The Kier molecular flexibility index (Phi) is 3.42. The van der Waals surface area contributed by atoms with E-state index in [-0.39, 0.29) is 5.56 Å². The van der Waals surface area contributed by atoms with Crippen LogP contribution in [0.4, 0.5) is 0 Å². The molecule has 0 saturated carbocycles. The lowest BCUT2D eigenvalue weighted by atomic mass is 10.2. The molecule has 1 N–H and O–H groups in total. The molecule has 3 heterocycles. The monoisotopic (exact) mass is 288 g/mol.